The summed E-state index contributed by atoms with van der Waals surface area (Å²) in [5.41, 5.74) is 4.65. The quantitative estimate of drug-likeness (QED) is 0.283. The van der Waals surface area contributed by atoms with Crippen molar-refractivity contribution in [3.8, 4) is 0 Å². The van der Waals surface area contributed by atoms with Gasteiger partial charge in [0, 0.05) is 36.7 Å². The number of benzene rings is 2. The van der Waals surface area contributed by atoms with Gasteiger partial charge in [0.15, 0.2) is 5.76 Å². The van der Waals surface area contributed by atoms with Gasteiger partial charge in [-0.1, -0.05) is 70.2 Å². The summed E-state index contributed by atoms with van der Waals surface area (Å²) in [5.74, 6) is -0.0798. The molecule has 0 aliphatic carbocycles. The van der Waals surface area contributed by atoms with Gasteiger partial charge in [-0.3, -0.25) is 9.59 Å². The summed E-state index contributed by atoms with van der Waals surface area (Å²) < 4.78 is 5.32. The van der Waals surface area contributed by atoms with Crippen molar-refractivity contribution < 1.29 is 14.0 Å². The first-order valence-electron chi connectivity index (χ1n) is 13.0. The standard InChI is InChI=1S/C31H37N3O3/c1-5-17-34(30(36)28-11-8-19-37-28)22-29(35)33(21-23-12-14-25(15-13-23)31(2,3)4)18-16-24-20-32-27-10-7-6-9-26(24)27/h6-15,19-20,32H,5,16-18,21-22H2,1-4H3. The van der Waals surface area contributed by atoms with Gasteiger partial charge >= 0.3 is 0 Å². The molecule has 0 aliphatic rings. The topological polar surface area (TPSA) is 69.6 Å². The van der Waals surface area contributed by atoms with Crippen molar-refractivity contribution in [2.24, 2.45) is 0 Å². The fourth-order valence-electron chi connectivity index (χ4n) is 4.56. The maximum atomic E-state index is 13.6. The Labute approximate surface area is 219 Å². The number of nitrogens with one attached hydrogen (secondary N) is 1. The van der Waals surface area contributed by atoms with Gasteiger partial charge in [0.05, 0.1) is 6.26 Å². The molecule has 0 atom stereocenters. The zero-order valence-electron chi connectivity index (χ0n) is 22.3. The number of nitrogens with zero attached hydrogens (tertiary/aromatic N) is 2. The molecule has 37 heavy (non-hydrogen) atoms. The number of hydrogen-bond donors (Lipinski definition) is 1. The SMILES string of the molecule is CCCN(CC(=O)N(CCc1c[nH]c2ccccc12)Cc1ccc(C(C)(C)C)cc1)C(=O)c1ccco1. The van der Waals surface area contributed by atoms with Crippen LogP contribution in [0.4, 0.5) is 0 Å². The number of carbonyl (C=O) groups excluding carboxylic acids is 2. The maximum Gasteiger partial charge on any atom is 0.290 e. The van der Waals surface area contributed by atoms with Crippen LogP contribution in [0.2, 0.25) is 0 Å². The fourth-order valence-corrected chi connectivity index (χ4v) is 4.56. The van der Waals surface area contributed by atoms with Crippen LogP contribution in [0.25, 0.3) is 10.9 Å². The minimum Gasteiger partial charge on any atom is -0.459 e. The predicted octanol–water partition coefficient (Wildman–Crippen LogP) is 6.18. The summed E-state index contributed by atoms with van der Waals surface area (Å²) >= 11 is 0. The molecule has 0 radical (unpaired) electrons. The Balaban J connectivity index is 1.54. The van der Waals surface area contributed by atoms with Gasteiger partial charge in [-0.25, -0.2) is 0 Å². The summed E-state index contributed by atoms with van der Waals surface area (Å²) in [7, 11) is 0. The van der Waals surface area contributed by atoms with Crippen LogP contribution in [-0.4, -0.2) is 46.2 Å². The molecular weight excluding hydrogens is 462 g/mol. The molecule has 4 aromatic rings. The maximum absolute atomic E-state index is 13.6. The van der Waals surface area contributed by atoms with E-state index in [-0.39, 0.29) is 29.5 Å². The van der Waals surface area contributed by atoms with Crippen LogP contribution in [-0.2, 0) is 23.2 Å². The lowest BCUT2D eigenvalue weighted by atomic mass is 9.87. The smallest absolute Gasteiger partial charge is 0.290 e. The van der Waals surface area contributed by atoms with Crippen LogP contribution >= 0.6 is 0 Å². The molecule has 2 aromatic heterocycles. The van der Waals surface area contributed by atoms with Crippen molar-refractivity contribution in [3.63, 3.8) is 0 Å². The Morgan fingerprint density at radius 2 is 1.68 bits per heavy atom. The molecule has 2 aromatic carbocycles. The lowest BCUT2D eigenvalue weighted by Gasteiger charge is -2.28. The van der Waals surface area contributed by atoms with Gasteiger partial charge in [-0.05, 0) is 53.1 Å². The van der Waals surface area contributed by atoms with E-state index in [9.17, 15) is 9.59 Å². The van der Waals surface area contributed by atoms with Gasteiger partial charge in [-0.2, -0.15) is 0 Å². The van der Waals surface area contributed by atoms with Crippen molar-refractivity contribution in [2.75, 3.05) is 19.6 Å². The molecular formula is C31H37N3O3. The van der Waals surface area contributed by atoms with Crippen molar-refractivity contribution >= 4 is 22.7 Å². The Morgan fingerprint density at radius 3 is 2.35 bits per heavy atom. The third-order valence-corrected chi connectivity index (χ3v) is 6.71. The largest absolute Gasteiger partial charge is 0.459 e. The average Bonchev–Trinajstić information content (AvgIpc) is 3.56. The number of H-pyrrole nitrogens is 1. The summed E-state index contributed by atoms with van der Waals surface area (Å²) in [4.78, 5) is 33.4. The highest BCUT2D eigenvalue weighted by atomic mass is 16.3. The zero-order valence-corrected chi connectivity index (χ0v) is 22.3. The van der Waals surface area contributed by atoms with E-state index in [4.69, 9.17) is 4.42 Å². The molecule has 6 heteroatoms. The van der Waals surface area contributed by atoms with Crippen LogP contribution in [0.1, 0.15) is 61.4 Å². The molecule has 0 saturated heterocycles. The van der Waals surface area contributed by atoms with E-state index in [0.29, 0.717) is 19.6 Å². The van der Waals surface area contributed by atoms with Crippen LogP contribution in [0.3, 0.4) is 0 Å². The molecule has 0 bridgehead atoms. The summed E-state index contributed by atoms with van der Waals surface area (Å²) in [5, 5.41) is 1.17. The van der Waals surface area contributed by atoms with E-state index < -0.39 is 0 Å². The molecule has 2 heterocycles. The zero-order chi connectivity index (χ0) is 26.4. The molecule has 1 N–H and O–H groups in total. The van der Waals surface area contributed by atoms with Crippen LogP contribution in [0.15, 0.2) is 77.5 Å². The minimum atomic E-state index is -0.258. The van der Waals surface area contributed by atoms with Crippen LogP contribution < -0.4 is 0 Å². The first kappa shape index (κ1) is 26.3. The molecule has 0 unspecified atom stereocenters. The predicted molar refractivity (Wildman–Crippen MR) is 147 cm³/mol. The van der Waals surface area contributed by atoms with Crippen LogP contribution in [0, 0.1) is 0 Å². The number of aromatic amines is 1. The third-order valence-electron chi connectivity index (χ3n) is 6.71. The van der Waals surface area contributed by atoms with Crippen molar-refractivity contribution in [2.45, 2.75) is 52.5 Å². The minimum absolute atomic E-state index is 0.0152. The van der Waals surface area contributed by atoms with Gasteiger partial charge in [0.1, 0.15) is 6.54 Å². The highest BCUT2D eigenvalue weighted by molar-refractivity contribution is 5.94. The van der Waals surface area contributed by atoms with E-state index in [1.165, 1.54) is 22.8 Å². The lowest BCUT2D eigenvalue weighted by Crippen LogP contribution is -2.43. The number of furan rings is 1. The Morgan fingerprint density at radius 1 is 0.919 bits per heavy atom. The number of para-hydroxylation sites is 1. The van der Waals surface area contributed by atoms with E-state index in [1.807, 2.05) is 30.2 Å². The molecule has 0 aliphatic heterocycles. The fraction of sp³-hybridized carbons (Fsp3) is 0.355. The van der Waals surface area contributed by atoms with E-state index in [0.717, 1.165) is 23.9 Å². The normalized spacial score (nSPS) is 11.6. The number of rotatable bonds is 10. The molecule has 4 rings (SSSR count). The Bertz CT molecular complexity index is 1310. The van der Waals surface area contributed by atoms with Crippen LogP contribution in [0.5, 0.6) is 0 Å². The number of hydrogen-bond acceptors (Lipinski definition) is 3. The molecule has 0 fully saturated rings. The molecule has 194 valence electrons. The van der Waals surface area contributed by atoms with E-state index in [2.05, 4.69) is 62.2 Å². The number of amides is 2. The Hall–Kier alpha value is -3.80. The van der Waals surface area contributed by atoms with E-state index >= 15 is 0 Å². The van der Waals surface area contributed by atoms with Crippen molar-refractivity contribution in [1.29, 1.82) is 0 Å². The first-order chi connectivity index (χ1) is 17.8. The molecule has 6 nitrogen and oxygen atoms in total. The third kappa shape index (κ3) is 6.50. The molecule has 0 spiro atoms. The highest BCUT2D eigenvalue weighted by Crippen LogP contribution is 2.23. The van der Waals surface area contributed by atoms with Crippen molar-refractivity contribution in [3.05, 3.63) is 95.6 Å². The summed E-state index contributed by atoms with van der Waals surface area (Å²) in [6.45, 7) is 10.1. The second-order valence-corrected chi connectivity index (χ2v) is 10.6. The average molecular weight is 500 g/mol. The van der Waals surface area contributed by atoms with Gasteiger partial charge in [0.2, 0.25) is 5.91 Å². The van der Waals surface area contributed by atoms with E-state index in [1.54, 1.807) is 17.0 Å². The second kappa shape index (κ2) is 11.5. The van der Waals surface area contributed by atoms with Gasteiger partial charge < -0.3 is 19.2 Å². The van der Waals surface area contributed by atoms with Gasteiger partial charge in [0.25, 0.3) is 5.91 Å². The summed E-state index contributed by atoms with van der Waals surface area (Å²) in [6.07, 6.45) is 4.97. The Kier molecular flexibility index (Phi) is 8.17. The van der Waals surface area contributed by atoms with Gasteiger partial charge in [-0.15, -0.1) is 0 Å². The second-order valence-electron chi connectivity index (χ2n) is 10.6. The lowest BCUT2D eigenvalue weighted by molar-refractivity contribution is -0.132. The monoisotopic (exact) mass is 499 g/mol. The number of fused-ring (bicyclic) bond motifs is 1. The molecule has 0 saturated carbocycles. The van der Waals surface area contributed by atoms with Crippen molar-refractivity contribution in [1.82, 2.24) is 14.8 Å². The molecule has 2 amide bonds. The summed E-state index contributed by atoms with van der Waals surface area (Å²) in [6, 6.07) is 20.0. The number of carbonyl (C=O) groups is 2. The number of aromatic nitrogens is 1. The first-order valence-corrected chi connectivity index (χ1v) is 13.0. The highest BCUT2D eigenvalue weighted by Gasteiger charge is 2.24.